The summed E-state index contributed by atoms with van der Waals surface area (Å²) in [4.78, 5) is 30.4. The van der Waals surface area contributed by atoms with Gasteiger partial charge in [-0.3, -0.25) is 22.9 Å². The van der Waals surface area contributed by atoms with Crippen molar-refractivity contribution < 1.29 is 9.47 Å². The second-order valence-corrected chi connectivity index (χ2v) is 6.75. The molecule has 0 amide bonds. The SMILES string of the molecule is CCOCCn1c(=O)c2c(nc3n(-c4ccc(OC)cc4)c(C)cn23)n(C)c1=O. The Morgan fingerprint density at radius 3 is 2.52 bits per heavy atom. The van der Waals surface area contributed by atoms with Crippen LogP contribution in [0.15, 0.2) is 40.1 Å². The average molecular weight is 397 g/mol. The van der Waals surface area contributed by atoms with Crippen molar-refractivity contribution in [1.82, 2.24) is 23.1 Å². The van der Waals surface area contributed by atoms with E-state index >= 15 is 0 Å². The van der Waals surface area contributed by atoms with Crippen LogP contribution in [0.5, 0.6) is 5.75 Å². The second kappa shape index (κ2) is 7.25. The number of imidazole rings is 2. The lowest BCUT2D eigenvalue weighted by Crippen LogP contribution is -2.40. The van der Waals surface area contributed by atoms with Crippen LogP contribution in [0.2, 0.25) is 0 Å². The van der Waals surface area contributed by atoms with Crippen molar-refractivity contribution in [2.45, 2.75) is 20.4 Å². The molecule has 0 radical (unpaired) electrons. The van der Waals surface area contributed by atoms with Crippen LogP contribution in [0.3, 0.4) is 0 Å². The van der Waals surface area contributed by atoms with E-state index in [1.54, 1.807) is 18.6 Å². The molecule has 1 aromatic carbocycles. The summed E-state index contributed by atoms with van der Waals surface area (Å²) in [5.41, 5.74) is 1.74. The summed E-state index contributed by atoms with van der Waals surface area (Å²) < 4.78 is 16.8. The Hall–Kier alpha value is -3.33. The number of methoxy groups -OCH3 is 1. The molecule has 29 heavy (non-hydrogen) atoms. The number of fused-ring (bicyclic) bond motifs is 3. The average Bonchev–Trinajstić information content (AvgIpc) is 3.23. The van der Waals surface area contributed by atoms with Gasteiger partial charge in [0.2, 0.25) is 5.78 Å². The quantitative estimate of drug-likeness (QED) is 0.460. The third-order valence-corrected chi connectivity index (χ3v) is 5.02. The summed E-state index contributed by atoms with van der Waals surface area (Å²) in [5, 5.41) is 0. The van der Waals surface area contributed by atoms with Crippen LogP contribution >= 0.6 is 0 Å². The fraction of sp³-hybridized carbons (Fsp3) is 0.350. The summed E-state index contributed by atoms with van der Waals surface area (Å²) in [6.07, 6.45) is 1.85. The van der Waals surface area contributed by atoms with E-state index in [-0.39, 0.29) is 12.1 Å². The highest BCUT2D eigenvalue weighted by Crippen LogP contribution is 2.22. The van der Waals surface area contributed by atoms with Gasteiger partial charge in [-0.25, -0.2) is 4.79 Å². The Balaban J connectivity index is 1.97. The van der Waals surface area contributed by atoms with Gasteiger partial charge in [-0.1, -0.05) is 0 Å². The third-order valence-electron chi connectivity index (χ3n) is 5.02. The highest BCUT2D eigenvalue weighted by molar-refractivity contribution is 5.76. The van der Waals surface area contributed by atoms with Crippen molar-refractivity contribution in [2.75, 3.05) is 20.3 Å². The first-order valence-corrected chi connectivity index (χ1v) is 9.40. The normalized spacial score (nSPS) is 11.6. The van der Waals surface area contributed by atoms with E-state index in [9.17, 15) is 9.59 Å². The largest absolute Gasteiger partial charge is 0.497 e. The number of nitrogens with zero attached hydrogens (tertiary/aromatic N) is 5. The molecule has 0 spiro atoms. The molecule has 0 fully saturated rings. The van der Waals surface area contributed by atoms with Crippen LogP contribution in [0.4, 0.5) is 0 Å². The van der Waals surface area contributed by atoms with Crippen LogP contribution in [-0.2, 0) is 18.3 Å². The Kier molecular flexibility index (Phi) is 4.75. The number of benzene rings is 1. The lowest BCUT2D eigenvalue weighted by Gasteiger charge is -2.08. The Labute approximate surface area is 166 Å². The molecule has 9 nitrogen and oxygen atoms in total. The highest BCUT2D eigenvalue weighted by atomic mass is 16.5. The van der Waals surface area contributed by atoms with E-state index < -0.39 is 5.69 Å². The summed E-state index contributed by atoms with van der Waals surface area (Å²) in [5.74, 6) is 1.32. The zero-order valence-corrected chi connectivity index (χ0v) is 16.9. The second-order valence-electron chi connectivity index (χ2n) is 6.75. The first kappa shape index (κ1) is 19.0. The standard InChI is InChI=1S/C20H23N5O4/c1-5-29-11-10-23-18(26)16-17(22(3)20(23)27)21-19-24(16)12-13(2)25(19)14-6-8-15(28-4)9-7-14/h6-9,12H,5,10-11H2,1-4H3. The van der Waals surface area contributed by atoms with Gasteiger partial charge >= 0.3 is 5.69 Å². The Bertz CT molecular complexity index is 1310. The fourth-order valence-electron chi connectivity index (χ4n) is 3.56. The summed E-state index contributed by atoms with van der Waals surface area (Å²) >= 11 is 0. The maximum absolute atomic E-state index is 13.1. The summed E-state index contributed by atoms with van der Waals surface area (Å²) in [7, 11) is 3.24. The minimum atomic E-state index is -0.407. The molecular weight excluding hydrogens is 374 g/mol. The number of ether oxygens (including phenoxy) is 2. The lowest BCUT2D eigenvalue weighted by molar-refractivity contribution is 0.137. The maximum Gasteiger partial charge on any atom is 0.332 e. The first-order chi connectivity index (χ1) is 14.0. The van der Waals surface area contributed by atoms with Crippen molar-refractivity contribution in [3.63, 3.8) is 0 Å². The van der Waals surface area contributed by atoms with Crippen molar-refractivity contribution >= 4 is 16.9 Å². The van der Waals surface area contributed by atoms with Gasteiger partial charge in [-0.2, -0.15) is 4.98 Å². The third kappa shape index (κ3) is 2.94. The number of aromatic nitrogens is 5. The van der Waals surface area contributed by atoms with Gasteiger partial charge in [0.1, 0.15) is 5.75 Å². The first-order valence-electron chi connectivity index (χ1n) is 9.40. The molecule has 4 rings (SSSR count). The maximum atomic E-state index is 13.1. The van der Waals surface area contributed by atoms with E-state index in [2.05, 4.69) is 4.98 Å². The minimum Gasteiger partial charge on any atom is -0.497 e. The molecule has 3 heterocycles. The van der Waals surface area contributed by atoms with Crippen LogP contribution in [0, 0.1) is 6.92 Å². The molecule has 4 aromatic rings. The van der Waals surface area contributed by atoms with Crippen molar-refractivity contribution in [3.05, 3.63) is 57.0 Å². The number of hydrogen-bond acceptors (Lipinski definition) is 5. The Morgan fingerprint density at radius 1 is 1.14 bits per heavy atom. The summed E-state index contributed by atoms with van der Waals surface area (Å²) in [6, 6.07) is 7.57. The minimum absolute atomic E-state index is 0.195. The number of hydrogen-bond donors (Lipinski definition) is 0. The molecular formula is C20H23N5O4. The van der Waals surface area contributed by atoms with Crippen molar-refractivity contribution in [3.8, 4) is 11.4 Å². The molecule has 0 atom stereocenters. The predicted octanol–water partition coefficient (Wildman–Crippen LogP) is 1.49. The van der Waals surface area contributed by atoms with Crippen molar-refractivity contribution in [1.29, 1.82) is 0 Å². The van der Waals surface area contributed by atoms with Crippen LogP contribution in [0.1, 0.15) is 12.6 Å². The molecule has 0 saturated carbocycles. The molecule has 0 aliphatic rings. The molecule has 9 heteroatoms. The van der Waals surface area contributed by atoms with Gasteiger partial charge in [-0.15, -0.1) is 0 Å². The van der Waals surface area contributed by atoms with Gasteiger partial charge in [-0.05, 0) is 38.1 Å². The number of aryl methyl sites for hydroxylation is 2. The van der Waals surface area contributed by atoms with Gasteiger partial charge in [0, 0.05) is 31.2 Å². The molecule has 0 N–H and O–H groups in total. The zero-order valence-electron chi connectivity index (χ0n) is 16.9. The smallest absolute Gasteiger partial charge is 0.332 e. The van der Waals surface area contributed by atoms with E-state index in [4.69, 9.17) is 9.47 Å². The molecule has 0 unspecified atom stereocenters. The van der Waals surface area contributed by atoms with Crippen LogP contribution in [0.25, 0.3) is 22.6 Å². The molecule has 0 aliphatic carbocycles. The zero-order chi connectivity index (χ0) is 20.7. The van der Waals surface area contributed by atoms with Gasteiger partial charge in [0.05, 0.1) is 20.3 Å². The molecule has 0 saturated heterocycles. The summed E-state index contributed by atoms with van der Waals surface area (Å²) in [6.45, 7) is 4.83. The lowest BCUT2D eigenvalue weighted by atomic mass is 10.3. The van der Waals surface area contributed by atoms with Gasteiger partial charge in [0.15, 0.2) is 11.2 Å². The van der Waals surface area contributed by atoms with E-state index in [0.717, 1.165) is 17.1 Å². The van der Waals surface area contributed by atoms with Crippen LogP contribution < -0.4 is 16.0 Å². The monoisotopic (exact) mass is 397 g/mol. The molecule has 0 bridgehead atoms. The van der Waals surface area contributed by atoms with E-state index in [1.165, 1.54) is 9.13 Å². The van der Waals surface area contributed by atoms with Crippen LogP contribution in [-0.4, -0.2) is 43.4 Å². The molecule has 0 aliphatic heterocycles. The number of rotatable bonds is 6. The van der Waals surface area contributed by atoms with E-state index in [1.807, 2.05) is 48.9 Å². The highest BCUT2D eigenvalue weighted by Gasteiger charge is 2.20. The predicted molar refractivity (Wildman–Crippen MR) is 109 cm³/mol. The topological polar surface area (TPSA) is 84.7 Å². The van der Waals surface area contributed by atoms with E-state index in [0.29, 0.717) is 30.2 Å². The van der Waals surface area contributed by atoms with Crippen molar-refractivity contribution in [2.24, 2.45) is 7.05 Å². The molecule has 152 valence electrons. The molecule has 3 aromatic heterocycles. The van der Waals surface area contributed by atoms with Gasteiger partial charge < -0.3 is 9.47 Å². The van der Waals surface area contributed by atoms with Gasteiger partial charge in [0.25, 0.3) is 5.56 Å². The Morgan fingerprint density at radius 2 is 1.86 bits per heavy atom. The fourth-order valence-corrected chi connectivity index (χ4v) is 3.56.